The van der Waals surface area contributed by atoms with Gasteiger partial charge in [-0.3, -0.25) is 9.58 Å². The van der Waals surface area contributed by atoms with Crippen LogP contribution >= 0.6 is 12.4 Å². The largest absolute Gasteiger partial charge is 0.318 e. The second kappa shape index (κ2) is 7.12. The number of nitrogens with one attached hydrogen (secondary N) is 1. The molecular weight excluding hydrogens is 248 g/mol. The Kier molecular flexibility index (Phi) is 6.12. The van der Waals surface area contributed by atoms with Crippen molar-refractivity contribution < 1.29 is 0 Å². The standard InChI is InChI=1S/C13H24N4.ClH/c1-11(2)17-8-6-12(15-17)10-16-7-4-5-13(16)9-14-3;/h6,8,11,13-14H,4-5,7,9-10H2,1-3H3;1H. The monoisotopic (exact) mass is 272 g/mol. The zero-order valence-electron chi connectivity index (χ0n) is 11.6. The van der Waals surface area contributed by atoms with E-state index in [1.165, 1.54) is 25.1 Å². The van der Waals surface area contributed by atoms with Gasteiger partial charge in [0.2, 0.25) is 0 Å². The van der Waals surface area contributed by atoms with E-state index in [2.05, 4.69) is 41.4 Å². The van der Waals surface area contributed by atoms with E-state index < -0.39 is 0 Å². The first kappa shape index (κ1) is 15.5. The Hall–Kier alpha value is -0.580. The van der Waals surface area contributed by atoms with Gasteiger partial charge in [0.25, 0.3) is 0 Å². The number of aromatic nitrogens is 2. The molecular formula is C13H25ClN4. The van der Waals surface area contributed by atoms with Gasteiger partial charge in [-0.05, 0) is 46.3 Å². The summed E-state index contributed by atoms with van der Waals surface area (Å²) in [5.41, 5.74) is 1.20. The highest BCUT2D eigenvalue weighted by atomic mass is 35.5. The fourth-order valence-corrected chi connectivity index (χ4v) is 2.53. The van der Waals surface area contributed by atoms with Gasteiger partial charge in [-0.1, -0.05) is 0 Å². The van der Waals surface area contributed by atoms with E-state index in [1.54, 1.807) is 0 Å². The first-order chi connectivity index (χ1) is 8.20. The predicted molar refractivity (Wildman–Crippen MR) is 77.2 cm³/mol. The summed E-state index contributed by atoms with van der Waals surface area (Å²) in [5.74, 6) is 0. The normalized spacial score (nSPS) is 20.3. The third kappa shape index (κ3) is 3.70. The van der Waals surface area contributed by atoms with Crippen molar-refractivity contribution in [2.24, 2.45) is 0 Å². The predicted octanol–water partition coefficient (Wildman–Crippen LogP) is 2.07. The van der Waals surface area contributed by atoms with E-state index in [9.17, 15) is 0 Å². The molecule has 1 aromatic heterocycles. The Morgan fingerprint density at radius 1 is 1.50 bits per heavy atom. The number of likely N-dealkylation sites (tertiary alicyclic amines) is 1. The van der Waals surface area contributed by atoms with Crippen molar-refractivity contribution in [3.8, 4) is 0 Å². The fourth-order valence-electron chi connectivity index (χ4n) is 2.53. The molecule has 2 rings (SSSR count). The van der Waals surface area contributed by atoms with Crippen LogP contribution in [0.1, 0.15) is 38.4 Å². The summed E-state index contributed by atoms with van der Waals surface area (Å²) in [6.07, 6.45) is 4.71. The van der Waals surface area contributed by atoms with Gasteiger partial charge in [0.05, 0.1) is 5.69 Å². The lowest BCUT2D eigenvalue weighted by Crippen LogP contribution is -2.36. The second-order valence-corrected chi connectivity index (χ2v) is 5.21. The molecule has 0 spiro atoms. The first-order valence-electron chi connectivity index (χ1n) is 6.63. The van der Waals surface area contributed by atoms with Crippen molar-refractivity contribution in [3.05, 3.63) is 18.0 Å². The van der Waals surface area contributed by atoms with E-state index in [-0.39, 0.29) is 12.4 Å². The lowest BCUT2D eigenvalue weighted by atomic mass is 10.2. The number of rotatable bonds is 5. The molecule has 1 aliphatic rings. The van der Waals surface area contributed by atoms with Crippen LogP contribution in [0.2, 0.25) is 0 Å². The Balaban J connectivity index is 0.00000162. The third-order valence-electron chi connectivity index (χ3n) is 3.50. The quantitative estimate of drug-likeness (QED) is 0.891. The maximum atomic E-state index is 4.62. The van der Waals surface area contributed by atoms with Gasteiger partial charge in [0.15, 0.2) is 0 Å². The Morgan fingerprint density at radius 2 is 2.28 bits per heavy atom. The molecule has 104 valence electrons. The van der Waals surface area contributed by atoms with E-state index in [0.29, 0.717) is 12.1 Å². The summed E-state index contributed by atoms with van der Waals surface area (Å²) in [4.78, 5) is 2.55. The molecule has 0 aromatic carbocycles. The van der Waals surface area contributed by atoms with Crippen molar-refractivity contribution in [1.29, 1.82) is 0 Å². The summed E-state index contributed by atoms with van der Waals surface area (Å²) in [7, 11) is 2.03. The number of hydrogen-bond acceptors (Lipinski definition) is 3. The topological polar surface area (TPSA) is 33.1 Å². The van der Waals surface area contributed by atoms with Gasteiger partial charge in [-0.2, -0.15) is 5.10 Å². The van der Waals surface area contributed by atoms with Crippen LogP contribution in [0.3, 0.4) is 0 Å². The van der Waals surface area contributed by atoms with Crippen LogP contribution in [0.25, 0.3) is 0 Å². The Labute approximate surface area is 116 Å². The highest BCUT2D eigenvalue weighted by Gasteiger charge is 2.24. The van der Waals surface area contributed by atoms with Crippen LogP contribution in [0.15, 0.2) is 12.3 Å². The zero-order valence-corrected chi connectivity index (χ0v) is 12.4. The van der Waals surface area contributed by atoms with Crippen LogP contribution in [0.5, 0.6) is 0 Å². The van der Waals surface area contributed by atoms with Gasteiger partial charge >= 0.3 is 0 Å². The van der Waals surface area contributed by atoms with Crippen LogP contribution < -0.4 is 5.32 Å². The highest BCUT2D eigenvalue weighted by molar-refractivity contribution is 5.85. The summed E-state index contributed by atoms with van der Waals surface area (Å²) >= 11 is 0. The lowest BCUT2D eigenvalue weighted by molar-refractivity contribution is 0.238. The third-order valence-corrected chi connectivity index (χ3v) is 3.50. The van der Waals surface area contributed by atoms with Gasteiger partial charge in [0, 0.05) is 31.4 Å². The SMILES string of the molecule is CNCC1CCCN1Cc1ccn(C(C)C)n1.Cl. The molecule has 0 radical (unpaired) electrons. The van der Waals surface area contributed by atoms with Crippen molar-refractivity contribution in [2.75, 3.05) is 20.1 Å². The first-order valence-corrected chi connectivity index (χ1v) is 6.63. The number of likely N-dealkylation sites (N-methyl/N-ethyl adjacent to an activating group) is 1. The molecule has 1 atom stereocenters. The average Bonchev–Trinajstić information content (AvgIpc) is 2.90. The second-order valence-electron chi connectivity index (χ2n) is 5.21. The molecule has 4 nitrogen and oxygen atoms in total. The van der Waals surface area contributed by atoms with E-state index in [1.807, 2.05) is 11.7 Å². The van der Waals surface area contributed by atoms with Gasteiger partial charge < -0.3 is 5.32 Å². The fraction of sp³-hybridized carbons (Fsp3) is 0.769. The summed E-state index contributed by atoms with van der Waals surface area (Å²) < 4.78 is 2.04. The molecule has 0 bridgehead atoms. The molecule has 1 aromatic rings. The summed E-state index contributed by atoms with van der Waals surface area (Å²) in [6.45, 7) is 7.62. The van der Waals surface area contributed by atoms with Crippen LogP contribution in [0, 0.1) is 0 Å². The van der Waals surface area contributed by atoms with E-state index >= 15 is 0 Å². The minimum absolute atomic E-state index is 0. The van der Waals surface area contributed by atoms with Crippen LogP contribution in [-0.2, 0) is 6.54 Å². The molecule has 2 heterocycles. The molecule has 18 heavy (non-hydrogen) atoms. The Bertz CT molecular complexity index is 351. The zero-order chi connectivity index (χ0) is 12.3. The molecule has 1 aliphatic heterocycles. The van der Waals surface area contributed by atoms with Crippen LogP contribution in [0.4, 0.5) is 0 Å². The lowest BCUT2D eigenvalue weighted by Gasteiger charge is -2.23. The van der Waals surface area contributed by atoms with Crippen molar-refractivity contribution in [1.82, 2.24) is 20.0 Å². The van der Waals surface area contributed by atoms with Crippen molar-refractivity contribution >= 4 is 12.4 Å². The minimum Gasteiger partial charge on any atom is -0.318 e. The van der Waals surface area contributed by atoms with Gasteiger partial charge in [-0.15, -0.1) is 12.4 Å². The van der Waals surface area contributed by atoms with Crippen molar-refractivity contribution in [2.45, 2.75) is 45.3 Å². The van der Waals surface area contributed by atoms with E-state index in [0.717, 1.165) is 13.1 Å². The smallest absolute Gasteiger partial charge is 0.0765 e. The summed E-state index contributed by atoms with van der Waals surface area (Å²) in [5, 5.41) is 7.90. The number of hydrogen-bond donors (Lipinski definition) is 1. The minimum atomic E-state index is 0. The molecule has 0 aliphatic carbocycles. The molecule has 1 unspecified atom stereocenters. The summed E-state index contributed by atoms with van der Waals surface area (Å²) in [6, 6.07) is 3.29. The Morgan fingerprint density at radius 3 is 2.89 bits per heavy atom. The molecule has 0 amide bonds. The molecule has 5 heteroatoms. The molecule has 1 N–H and O–H groups in total. The molecule has 1 saturated heterocycles. The number of nitrogens with zero attached hydrogens (tertiary/aromatic N) is 3. The highest BCUT2D eigenvalue weighted by Crippen LogP contribution is 2.19. The maximum Gasteiger partial charge on any atom is 0.0765 e. The number of halogens is 1. The van der Waals surface area contributed by atoms with Crippen molar-refractivity contribution in [3.63, 3.8) is 0 Å². The molecule has 1 fully saturated rings. The molecule has 0 saturated carbocycles. The van der Waals surface area contributed by atoms with E-state index in [4.69, 9.17) is 0 Å². The maximum absolute atomic E-state index is 4.62. The van der Waals surface area contributed by atoms with Crippen LogP contribution in [-0.4, -0.2) is 40.9 Å². The average molecular weight is 273 g/mol. The van der Waals surface area contributed by atoms with Gasteiger partial charge in [0.1, 0.15) is 0 Å². The van der Waals surface area contributed by atoms with Gasteiger partial charge in [-0.25, -0.2) is 0 Å².